The SMILES string of the molecule is Cc1ccc(C(Cc2ccccc2)NC(=O)CN2CCCCC2)cc1. The van der Waals surface area contributed by atoms with Crippen molar-refractivity contribution in [3.8, 4) is 0 Å². The van der Waals surface area contributed by atoms with Crippen LogP contribution in [0.2, 0.25) is 0 Å². The zero-order valence-electron chi connectivity index (χ0n) is 15.1. The third kappa shape index (κ3) is 5.43. The smallest absolute Gasteiger partial charge is 0.234 e. The maximum absolute atomic E-state index is 12.6. The van der Waals surface area contributed by atoms with E-state index in [4.69, 9.17) is 0 Å². The Morgan fingerprint density at radius 3 is 2.36 bits per heavy atom. The van der Waals surface area contributed by atoms with Gasteiger partial charge in [0.15, 0.2) is 0 Å². The van der Waals surface area contributed by atoms with E-state index in [1.54, 1.807) is 0 Å². The topological polar surface area (TPSA) is 32.3 Å². The lowest BCUT2D eigenvalue weighted by Crippen LogP contribution is -2.41. The minimum atomic E-state index is 0.0142. The number of nitrogens with zero attached hydrogens (tertiary/aromatic N) is 1. The summed E-state index contributed by atoms with van der Waals surface area (Å²) in [7, 11) is 0. The monoisotopic (exact) mass is 336 g/mol. The molecular formula is C22H28N2O. The molecule has 1 atom stereocenters. The maximum Gasteiger partial charge on any atom is 0.234 e. The second-order valence-electron chi connectivity index (χ2n) is 7.06. The van der Waals surface area contributed by atoms with Crippen LogP contribution < -0.4 is 5.32 Å². The molecule has 0 saturated carbocycles. The first-order chi connectivity index (χ1) is 12.2. The number of aryl methyl sites for hydroxylation is 1. The number of carbonyl (C=O) groups is 1. The first-order valence-electron chi connectivity index (χ1n) is 9.33. The van der Waals surface area contributed by atoms with E-state index in [0.717, 1.165) is 19.5 Å². The van der Waals surface area contributed by atoms with E-state index in [9.17, 15) is 4.79 Å². The summed E-state index contributed by atoms with van der Waals surface area (Å²) < 4.78 is 0. The van der Waals surface area contributed by atoms with Crippen molar-refractivity contribution in [1.82, 2.24) is 10.2 Å². The average Bonchev–Trinajstić information content (AvgIpc) is 2.63. The fourth-order valence-corrected chi connectivity index (χ4v) is 3.46. The predicted octanol–water partition coefficient (Wildman–Crippen LogP) is 3.88. The minimum absolute atomic E-state index is 0.0142. The summed E-state index contributed by atoms with van der Waals surface area (Å²) in [6, 6.07) is 18.9. The highest BCUT2D eigenvalue weighted by Crippen LogP contribution is 2.19. The largest absolute Gasteiger partial charge is 0.348 e. The highest BCUT2D eigenvalue weighted by Gasteiger charge is 2.18. The van der Waals surface area contributed by atoms with Gasteiger partial charge < -0.3 is 5.32 Å². The summed E-state index contributed by atoms with van der Waals surface area (Å²) in [6.07, 6.45) is 4.52. The Hall–Kier alpha value is -2.13. The number of amides is 1. The first kappa shape index (κ1) is 17.7. The Labute approximate surface area is 151 Å². The van der Waals surface area contributed by atoms with E-state index in [2.05, 4.69) is 65.7 Å². The van der Waals surface area contributed by atoms with Crippen LogP contribution in [-0.4, -0.2) is 30.4 Å². The van der Waals surface area contributed by atoms with Crippen LogP contribution in [0.3, 0.4) is 0 Å². The molecule has 3 rings (SSSR count). The fraction of sp³-hybridized carbons (Fsp3) is 0.409. The Morgan fingerprint density at radius 1 is 1.00 bits per heavy atom. The van der Waals surface area contributed by atoms with Crippen LogP contribution in [0.25, 0.3) is 0 Å². The number of hydrogen-bond acceptors (Lipinski definition) is 2. The van der Waals surface area contributed by atoms with Gasteiger partial charge in [-0.15, -0.1) is 0 Å². The van der Waals surface area contributed by atoms with Crippen molar-refractivity contribution in [2.45, 2.75) is 38.6 Å². The number of hydrogen-bond donors (Lipinski definition) is 1. The van der Waals surface area contributed by atoms with Crippen molar-refractivity contribution in [3.63, 3.8) is 0 Å². The van der Waals surface area contributed by atoms with Gasteiger partial charge in [0.1, 0.15) is 0 Å². The molecule has 0 aliphatic carbocycles. The highest BCUT2D eigenvalue weighted by molar-refractivity contribution is 5.78. The molecule has 1 N–H and O–H groups in total. The molecule has 3 heteroatoms. The summed E-state index contributed by atoms with van der Waals surface area (Å²) in [5.74, 6) is 0.128. The number of piperidine rings is 1. The normalized spacial score (nSPS) is 16.4. The van der Waals surface area contributed by atoms with Gasteiger partial charge in [-0.05, 0) is 50.4 Å². The third-order valence-electron chi connectivity index (χ3n) is 4.91. The van der Waals surface area contributed by atoms with Gasteiger partial charge in [-0.2, -0.15) is 0 Å². The maximum atomic E-state index is 12.6. The molecule has 132 valence electrons. The number of rotatable bonds is 6. The van der Waals surface area contributed by atoms with Crippen molar-refractivity contribution in [2.75, 3.05) is 19.6 Å². The Kier molecular flexibility index (Phi) is 6.24. The van der Waals surface area contributed by atoms with Crippen molar-refractivity contribution in [2.24, 2.45) is 0 Å². The number of carbonyl (C=O) groups excluding carboxylic acids is 1. The second-order valence-corrected chi connectivity index (χ2v) is 7.06. The average molecular weight is 336 g/mol. The van der Waals surface area contributed by atoms with Crippen LogP contribution in [0, 0.1) is 6.92 Å². The standard InChI is InChI=1S/C22H28N2O/c1-18-10-12-20(13-11-18)21(16-19-8-4-2-5-9-19)23-22(25)17-24-14-6-3-7-15-24/h2,4-5,8-13,21H,3,6-7,14-17H2,1H3,(H,23,25). The first-order valence-corrected chi connectivity index (χ1v) is 9.33. The van der Waals surface area contributed by atoms with Crippen molar-refractivity contribution in [3.05, 3.63) is 71.3 Å². The highest BCUT2D eigenvalue weighted by atomic mass is 16.2. The van der Waals surface area contributed by atoms with Gasteiger partial charge in [0.05, 0.1) is 12.6 Å². The number of nitrogens with one attached hydrogen (secondary N) is 1. The van der Waals surface area contributed by atoms with E-state index in [0.29, 0.717) is 6.54 Å². The quantitative estimate of drug-likeness (QED) is 0.868. The lowest BCUT2D eigenvalue weighted by molar-refractivity contribution is -0.123. The van der Waals surface area contributed by atoms with Crippen LogP contribution in [0.15, 0.2) is 54.6 Å². The Morgan fingerprint density at radius 2 is 1.68 bits per heavy atom. The summed E-state index contributed by atoms with van der Waals surface area (Å²) in [6.45, 7) is 4.69. The zero-order valence-corrected chi connectivity index (χ0v) is 15.1. The molecule has 0 radical (unpaired) electrons. The van der Waals surface area contributed by atoms with Crippen LogP contribution in [0.1, 0.15) is 42.0 Å². The van der Waals surface area contributed by atoms with Gasteiger partial charge in [0.25, 0.3) is 0 Å². The lowest BCUT2D eigenvalue weighted by Gasteiger charge is -2.27. The van der Waals surface area contributed by atoms with E-state index >= 15 is 0 Å². The lowest BCUT2D eigenvalue weighted by atomic mass is 9.98. The molecule has 25 heavy (non-hydrogen) atoms. The van der Waals surface area contributed by atoms with Gasteiger partial charge in [-0.3, -0.25) is 9.69 Å². The third-order valence-corrected chi connectivity index (χ3v) is 4.91. The molecule has 1 heterocycles. The van der Waals surface area contributed by atoms with Gasteiger partial charge in [-0.1, -0.05) is 66.6 Å². The molecule has 1 fully saturated rings. The van der Waals surface area contributed by atoms with Crippen molar-refractivity contribution in [1.29, 1.82) is 0 Å². The van der Waals surface area contributed by atoms with Gasteiger partial charge in [0.2, 0.25) is 5.91 Å². The van der Waals surface area contributed by atoms with Crippen LogP contribution >= 0.6 is 0 Å². The molecule has 0 bridgehead atoms. The van der Waals surface area contributed by atoms with Gasteiger partial charge >= 0.3 is 0 Å². The molecule has 1 unspecified atom stereocenters. The molecule has 1 saturated heterocycles. The molecule has 1 aliphatic heterocycles. The summed E-state index contributed by atoms with van der Waals surface area (Å²) >= 11 is 0. The molecule has 0 aromatic heterocycles. The molecular weight excluding hydrogens is 308 g/mol. The van der Waals surface area contributed by atoms with E-state index in [1.165, 1.54) is 36.0 Å². The zero-order chi connectivity index (χ0) is 17.5. The molecule has 3 nitrogen and oxygen atoms in total. The summed E-state index contributed by atoms with van der Waals surface area (Å²) in [5.41, 5.74) is 3.65. The number of likely N-dealkylation sites (tertiary alicyclic amines) is 1. The molecule has 2 aromatic rings. The molecule has 1 aliphatic rings. The van der Waals surface area contributed by atoms with Crippen LogP contribution in [-0.2, 0) is 11.2 Å². The fourth-order valence-electron chi connectivity index (χ4n) is 3.46. The van der Waals surface area contributed by atoms with Gasteiger partial charge in [0, 0.05) is 0 Å². The molecule has 1 amide bonds. The van der Waals surface area contributed by atoms with Crippen molar-refractivity contribution >= 4 is 5.91 Å². The Bertz CT molecular complexity index is 660. The Balaban J connectivity index is 1.69. The van der Waals surface area contributed by atoms with Gasteiger partial charge in [-0.25, -0.2) is 0 Å². The molecule has 0 spiro atoms. The molecule has 2 aromatic carbocycles. The summed E-state index contributed by atoms with van der Waals surface area (Å²) in [4.78, 5) is 14.9. The van der Waals surface area contributed by atoms with Crippen LogP contribution in [0.4, 0.5) is 0 Å². The predicted molar refractivity (Wildman–Crippen MR) is 102 cm³/mol. The van der Waals surface area contributed by atoms with E-state index in [1.807, 2.05) is 6.07 Å². The van der Waals surface area contributed by atoms with Crippen LogP contribution in [0.5, 0.6) is 0 Å². The number of benzene rings is 2. The van der Waals surface area contributed by atoms with Crippen molar-refractivity contribution < 1.29 is 4.79 Å². The van der Waals surface area contributed by atoms with E-state index < -0.39 is 0 Å². The minimum Gasteiger partial charge on any atom is -0.348 e. The second kappa shape index (κ2) is 8.82. The van der Waals surface area contributed by atoms with E-state index in [-0.39, 0.29) is 11.9 Å². The summed E-state index contributed by atoms with van der Waals surface area (Å²) in [5, 5.41) is 3.27.